The molecule has 0 bridgehead atoms. The van der Waals surface area contributed by atoms with Gasteiger partial charge in [0.1, 0.15) is 5.82 Å². The number of ether oxygens (including phenoxy) is 1. The Kier molecular flexibility index (Phi) is 5.59. The van der Waals surface area contributed by atoms with E-state index in [2.05, 4.69) is 19.2 Å². The first-order chi connectivity index (χ1) is 8.04. The highest BCUT2D eigenvalue weighted by Crippen LogP contribution is 2.10. The summed E-state index contributed by atoms with van der Waals surface area (Å²) in [5, 5.41) is 3.39. The van der Waals surface area contributed by atoms with Crippen molar-refractivity contribution in [3.8, 4) is 0 Å². The van der Waals surface area contributed by atoms with E-state index < -0.39 is 0 Å². The highest BCUT2D eigenvalue weighted by atomic mass is 19.1. The molecular weight excluding hydrogens is 217 g/mol. The van der Waals surface area contributed by atoms with E-state index in [0.29, 0.717) is 30.7 Å². The molecule has 0 saturated heterocycles. The zero-order chi connectivity index (χ0) is 12.8. The predicted molar refractivity (Wildman–Crippen MR) is 68.5 cm³/mol. The fourth-order valence-electron chi connectivity index (χ4n) is 1.66. The summed E-state index contributed by atoms with van der Waals surface area (Å²) in [5.41, 5.74) is 1.65. The summed E-state index contributed by atoms with van der Waals surface area (Å²) < 4.78 is 18.5. The van der Waals surface area contributed by atoms with Gasteiger partial charge in [0.15, 0.2) is 0 Å². The van der Waals surface area contributed by atoms with E-state index in [1.165, 1.54) is 0 Å². The third kappa shape index (κ3) is 4.44. The van der Waals surface area contributed by atoms with Crippen LogP contribution in [0.3, 0.4) is 0 Å². The normalized spacial score (nSPS) is 13.1. The second-order valence-corrected chi connectivity index (χ2v) is 4.77. The number of halogens is 1. The van der Waals surface area contributed by atoms with Crippen LogP contribution >= 0.6 is 0 Å². The van der Waals surface area contributed by atoms with Crippen molar-refractivity contribution >= 4 is 0 Å². The number of rotatable bonds is 6. The fourth-order valence-corrected chi connectivity index (χ4v) is 1.66. The monoisotopic (exact) mass is 239 g/mol. The van der Waals surface area contributed by atoms with Crippen molar-refractivity contribution in [1.82, 2.24) is 5.32 Å². The Balaban J connectivity index is 2.56. The van der Waals surface area contributed by atoms with Gasteiger partial charge >= 0.3 is 0 Å². The molecule has 0 spiro atoms. The quantitative estimate of drug-likeness (QED) is 0.824. The Bertz CT molecular complexity index is 352. The Morgan fingerprint density at radius 2 is 2.06 bits per heavy atom. The summed E-state index contributed by atoms with van der Waals surface area (Å²) in [6.07, 6.45) is 0. The van der Waals surface area contributed by atoms with Crippen LogP contribution < -0.4 is 5.32 Å². The maximum absolute atomic E-state index is 13.4. The standard InChI is InChI=1S/C14H22FNO/c1-10(2)14(9-17-4)16-8-12-6-5-11(3)13(15)7-12/h5-7,10,14,16H,8-9H2,1-4H3. The molecule has 1 atom stereocenters. The maximum Gasteiger partial charge on any atom is 0.126 e. The van der Waals surface area contributed by atoms with Gasteiger partial charge in [-0.1, -0.05) is 26.0 Å². The largest absolute Gasteiger partial charge is 0.383 e. The van der Waals surface area contributed by atoms with Gasteiger partial charge in [0.25, 0.3) is 0 Å². The van der Waals surface area contributed by atoms with Crippen LogP contribution in [0.15, 0.2) is 18.2 Å². The minimum Gasteiger partial charge on any atom is -0.383 e. The average Bonchev–Trinajstić information content (AvgIpc) is 2.28. The second kappa shape index (κ2) is 6.72. The van der Waals surface area contributed by atoms with E-state index >= 15 is 0 Å². The van der Waals surface area contributed by atoms with E-state index in [0.717, 1.165) is 5.56 Å². The zero-order valence-corrected chi connectivity index (χ0v) is 11.1. The number of nitrogens with one attached hydrogen (secondary N) is 1. The molecule has 1 rings (SSSR count). The van der Waals surface area contributed by atoms with Crippen molar-refractivity contribution < 1.29 is 9.13 Å². The van der Waals surface area contributed by atoms with Gasteiger partial charge in [-0.05, 0) is 30.0 Å². The van der Waals surface area contributed by atoms with E-state index in [1.54, 1.807) is 20.1 Å². The van der Waals surface area contributed by atoms with Crippen LogP contribution in [-0.4, -0.2) is 19.8 Å². The molecule has 1 unspecified atom stereocenters. The minimum absolute atomic E-state index is 0.142. The zero-order valence-electron chi connectivity index (χ0n) is 11.1. The average molecular weight is 239 g/mol. The van der Waals surface area contributed by atoms with E-state index in [4.69, 9.17) is 4.74 Å². The van der Waals surface area contributed by atoms with Crippen molar-refractivity contribution in [1.29, 1.82) is 0 Å². The van der Waals surface area contributed by atoms with Gasteiger partial charge in [-0.15, -0.1) is 0 Å². The highest BCUT2D eigenvalue weighted by Gasteiger charge is 2.12. The molecular formula is C14H22FNO. The summed E-state index contributed by atoms with van der Waals surface area (Å²) in [5.74, 6) is 0.349. The first-order valence-electron chi connectivity index (χ1n) is 6.02. The maximum atomic E-state index is 13.4. The van der Waals surface area contributed by atoms with Gasteiger partial charge in [0.2, 0.25) is 0 Å². The third-order valence-electron chi connectivity index (χ3n) is 2.96. The lowest BCUT2D eigenvalue weighted by Gasteiger charge is -2.21. The molecule has 0 aliphatic rings. The minimum atomic E-state index is -0.142. The van der Waals surface area contributed by atoms with Gasteiger partial charge in [-0.25, -0.2) is 4.39 Å². The van der Waals surface area contributed by atoms with Gasteiger partial charge in [0.05, 0.1) is 6.61 Å². The molecule has 0 aliphatic heterocycles. The lowest BCUT2D eigenvalue weighted by atomic mass is 10.0. The molecule has 1 aromatic carbocycles. The number of aryl methyl sites for hydroxylation is 1. The molecule has 1 aromatic rings. The van der Waals surface area contributed by atoms with Crippen LogP contribution in [0, 0.1) is 18.7 Å². The Hall–Kier alpha value is -0.930. The third-order valence-corrected chi connectivity index (χ3v) is 2.96. The van der Waals surface area contributed by atoms with Gasteiger partial charge in [0, 0.05) is 19.7 Å². The highest BCUT2D eigenvalue weighted by molar-refractivity contribution is 5.23. The summed E-state index contributed by atoms with van der Waals surface area (Å²) >= 11 is 0. The smallest absolute Gasteiger partial charge is 0.126 e. The molecule has 1 N–H and O–H groups in total. The topological polar surface area (TPSA) is 21.3 Å². The molecule has 0 radical (unpaired) electrons. The fraction of sp³-hybridized carbons (Fsp3) is 0.571. The van der Waals surface area contributed by atoms with Crippen molar-refractivity contribution in [2.75, 3.05) is 13.7 Å². The van der Waals surface area contributed by atoms with E-state index in [9.17, 15) is 4.39 Å². The molecule has 0 aliphatic carbocycles. The molecule has 0 amide bonds. The van der Waals surface area contributed by atoms with Crippen molar-refractivity contribution in [3.05, 3.63) is 35.1 Å². The molecule has 3 heteroatoms. The SMILES string of the molecule is COCC(NCc1ccc(C)c(F)c1)C(C)C. The van der Waals surface area contributed by atoms with E-state index in [1.807, 2.05) is 12.1 Å². The molecule has 0 heterocycles. The Morgan fingerprint density at radius 1 is 1.35 bits per heavy atom. The van der Waals surface area contributed by atoms with Gasteiger partial charge in [-0.2, -0.15) is 0 Å². The van der Waals surface area contributed by atoms with Crippen LogP contribution in [0.4, 0.5) is 4.39 Å². The number of hydrogen-bond acceptors (Lipinski definition) is 2. The Morgan fingerprint density at radius 3 is 2.59 bits per heavy atom. The molecule has 0 aromatic heterocycles. The van der Waals surface area contributed by atoms with Crippen LogP contribution in [0.5, 0.6) is 0 Å². The van der Waals surface area contributed by atoms with Crippen molar-refractivity contribution in [3.63, 3.8) is 0 Å². The van der Waals surface area contributed by atoms with Crippen LogP contribution in [-0.2, 0) is 11.3 Å². The lowest BCUT2D eigenvalue weighted by Crippen LogP contribution is -2.37. The van der Waals surface area contributed by atoms with Crippen LogP contribution in [0.1, 0.15) is 25.0 Å². The molecule has 0 fully saturated rings. The Labute approximate surface area is 103 Å². The number of hydrogen-bond donors (Lipinski definition) is 1. The van der Waals surface area contributed by atoms with Crippen LogP contribution in [0.25, 0.3) is 0 Å². The molecule has 17 heavy (non-hydrogen) atoms. The molecule has 0 saturated carbocycles. The first kappa shape index (κ1) is 14.1. The predicted octanol–water partition coefficient (Wildman–Crippen LogP) is 2.89. The van der Waals surface area contributed by atoms with Gasteiger partial charge < -0.3 is 10.1 Å². The number of benzene rings is 1. The lowest BCUT2D eigenvalue weighted by molar-refractivity contribution is 0.146. The van der Waals surface area contributed by atoms with Crippen molar-refractivity contribution in [2.24, 2.45) is 5.92 Å². The summed E-state index contributed by atoms with van der Waals surface area (Å²) in [6, 6.07) is 5.65. The first-order valence-corrected chi connectivity index (χ1v) is 6.02. The molecule has 2 nitrogen and oxygen atoms in total. The summed E-state index contributed by atoms with van der Waals surface area (Å²) in [7, 11) is 1.70. The summed E-state index contributed by atoms with van der Waals surface area (Å²) in [4.78, 5) is 0. The molecule has 96 valence electrons. The summed E-state index contributed by atoms with van der Waals surface area (Å²) in [6.45, 7) is 7.41. The van der Waals surface area contributed by atoms with Crippen LogP contribution in [0.2, 0.25) is 0 Å². The van der Waals surface area contributed by atoms with E-state index in [-0.39, 0.29) is 5.82 Å². The second-order valence-electron chi connectivity index (χ2n) is 4.77. The van der Waals surface area contributed by atoms with Crippen molar-refractivity contribution in [2.45, 2.75) is 33.4 Å². The van der Waals surface area contributed by atoms with Gasteiger partial charge in [-0.3, -0.25) is 0 Å². The number of methoxy groups -OCH3 is 1.